The first kappa shape index (κ1) is 15.9. The molecule has 0 bridgehead atoms. The van der Waals surface area contributed by atoms with Gasteiger partial charge in [-0.25, -0.2) is 0 Å². The van der Waals surface area contributed by atoms with E-state index in [1.165, 1.54) is 10.5 Å². The molecule has 0 fully saturated rings. The summed E-state index contributed by atoms with van der Waals surface area (Å²) in [5, 5.41) is 3.64. The molecule has 0 aliphatic carbocycles. The van der Waals surface area contributed by atoms with Crippen LogP contribution in [0.2, 0.25) is 0 Å². The van der Waals surface area contributed by atoms with Crippen LogP contribution in [0.5, 0.6) is 23.0 Å². The highest BCUT2D eigenvalue weighted by atomic mass is 16.7. The van der Waals surface area contributed by atoms with Crippen molar-refractivity contribution in [3.8, 4) is 23.0 Å². The molecule has 4 rings (SSSR count). The maximum absolute atomic E-state index is 5.73. The Morgan fingerprint density at radius 1 is 1.12 bits per heavy atom. The molecule has 0 radical (unpaired) electrons. The predicted molar refractivity (Wildman–Crippen MR) is 93.9 cm³/mol. The van der Waals surface area contributed by atoms with Crippen LogP contribution in [0.3, 0.4) is 0 Å². The van der Waals surface area contributed by atoms with E-state index < -0.39 is 0 Å². The zero-order valence-electron chi connectivity index (χ0n) is 14.7. The van der Waals surface area contributed by atoms with E-state index in [-0.39, 0.29) is 13.0 Å². The van der Waals surface area contributed by atoms with Crippen molar-refractivity contribution in [2.45, 2.75) is 12.6 Å². The zero-order chi connectivity index (χ0) is 17.4. The summed E-state index contributed by atoms with van der Waals surface area (Å²) in [4.78, 5) is 1.38. The number of ether oxygens (including phenoxy) is 4. The van der Waals surface area contributed by atoms with Gasteiger partial charge in [0.1, 0.15) is 5.75 Å². The highest BCUT2D eigenvalue weighted by Crippen LogP contribution is 2.47. The molecule has 25 heavy (non-hydrogen) atoms. The summed E-state index contributed by atoms with van der Waals surface area (Å²) in [7, 11) is 5.55. The topological polar surface area (TPSA) is 53.4 Å². The lowest BCUT2D eigenvalue weighted by Crippen LogP contribution is -3.11. The molecular formula is C19H23N2O4+. The maximum atomic E-state index is 5.73. The lowest BCUT2D eigenvalue weighted by molar-refractivity contribution is -0.910. The monoisotopic (exact) mass is 343 g/mol. The van der Waals surface area contributed by atoms with Crippen LogP contribution in [0.1, 0.15) is 17.3 Å². The maximum Gasteiger partial charge on any atom is 0.231 e. The van der Waals surface area contributed by atoms with Gasteiger partial charge in [-0.1, -0.05) is 0 Å². The molecule has 2 aliphatic heterocycles. The highest BCUT2D eigenvalue weighted by molar-refractivity contribution is 5.62. The number of quaternary nitrogens is 1. The van der Waals surface area contributed by atoms with Gasteiger partial charge in [0, 0.05) is 12.1 Å². The lowest BCUT2D eigenvalue weighted by atomic mass is 9.94. The number of anilines is 1. The van der Waals surface area contributed by atoms with Crippen LogP contribution >= 0.6 is 0 Å². The molecule has 2 aromatic carbocycles. The van der Waals surface area contributed by atoms with Crippen molar-refractivity contribution in [2.75, 3.05) is 39.9 Å². The summed E-state index contributed by atoms with van der Waals surface area (Å²) in [6.45, 7) is 1.28. The molecule has 0 amide bonds. The average Bonchev–Trinajstić information content (AvgIpc) is 3.11. The molecule has 6 heteroatoms. The Hall–Kier alpha value is -2.60. The van der Waals surface area contributed by atoms with Gasteiger partial charge in [0.25, 0.3) is 0 Å². The van der Waals surface area contributed by atoms with E-state index in [0.29, 0.717) is 5.75 Å². The van der Waals surface area contributed by atoms with Crippen molar-refractivity contribution in [1.29, 1.82) is 0 Å². The van der Waals surface area contributed by atoms with Gasteiger partial charge in [0.05, 0.1) is 33.4 Å². The Kier molecular flexibility index (Phi) is 4.05. The van der Waals surface area contributed by atoms with Crippen LogP contribution in [0.25, 0.3) is 0 Å². The van der Waals surface area contributed by atoms with E-state index in [2.05, 4.69) is 18.4 Å². The molecule has 0 saturated heterocycles. The first-order chi connectivity index (χ1) is 12.2. The van der Waals surface area contributed by atoms with Gasteiger partial charge < -0.3 is 29.2 Å². The molecular weight excluding hydrogens is 320 g/mol. The van der Waals surface area contributed by atoms with E-state index in [9.17, 15) is 0 Å². The highest BCUT2D eigenvalue weighted by Gasteiger charge is 2.36. The molecule has 0 spiro atoms. The van der Waals surface area contributed by atoms with Crippen LogP contribution in [-0.4, -0.2) is 34.6 Å². The van der Waals surface area contributed by atoms with Gasteiger partial charge >= 0.3 is 0 Å². The SMILES string of the molecule is COc1ccc(N[C@@H]2c3c(cc4c(c3OC)OCO4)CC[NH+]2C)cc1. The smallest absolute Gasteiger partial charge is 0.231 e. The molecule has 2 heterocycles. The molecule has 132 valence electrons. The van der Waals surface area contributed by atoms with E-state index in [0.717, 1.165) is 41.5 Å². The minimum absolute atomic E-state index is 0.0709. The quantitative estimate of drug-likeness (QED) is 0.883. The van der Waals surface area contributed by atoms with Crippen molar-refractivity contribution >= 4 is 5.69 Å². The fraction of sp³-hybridized carbons (Fsp3) is 0.368. The summed E-state index contributed by atoms with van der Waals surface area (Å²) in [5.74, 6) is 3.10. The summed E-state index contributed by atoms with van der Waals surface area (Å²) < 4.78 is 22.2. The largest absolute Gasteiger partial charge is 0.497 e. The summed E-state index contributed by atoms with van der Waals surface area (Å²) in [6.07, 6.45) is 1.05. The minimum atomic E-state index is 0.0709. The van der Waals surface area contributed by atoms with E-state index in [4.69, 9.17) is 18.9 Å². The second-order valence-electron chi connectivity index (χ2n) is 6.37. The zero-order valence-corrected chi connectivity index (χ0v) is 14.7. The molecule has 0 saturated carbocycles. The minimum Gasteiger partial charge on any atom is -0.497 e. The molecule has 2 aromatic rings. The Morgan fingerprint density at radius 2 is 1.92 bits per heavy atom. The normalized spacial score (nSPS) is 20.8. The Labute approximate surface area is 147 Å². The first-order valence-electron chi connectivity index (χ1n) is 8.43. The number of rotatable bonds is 4. The number of fused-ring (bicyclic) bond motifs is 2. The Bertz CT molecular complexity index is 776. The fourth-order valence-corrected chi connectivity index (χ4v) is 3.58. The summed E-state index contributed by atoms with van der Waals surface area (Å²) in [5.41, 5.74) is 3.43. The first-order valence-corrected chi connectivity index (χ1v) is 8.43. The van der Waals surface area contributed by atoms with Crippen molar-refractivity contribution in [3.05, 3.63) is 41.5 Å². The van der Waals surface area contributed by atoms with Gasteiger partial charge in [-0.15, -0.1) is 0 Å². The lowest BCUT2D eigenvalue weighted by Gasteiger charge is -2.33. The number of hydrogen-bond donors (Lipinski definition) is 2. The standard InChI is InChI=1S/C19H22N2O4/c1-21-9-8-12-10-15-17(25-11-24-15)18(23-3)16(12)19(21)20-13-4-6-14(22-2)7-5-13/h4-7,10,19-20H,8-9,11H2,1-3H3/p+1/t19-/m0/s1. The molecule has 1 unspecified atom stereocenters. The van der Waals surface area contributed by atoms with Crippen LogP contribution in [0.15, 0.2) is 30.3 Å². The average molecular weight is 343 g/mol. The molecule has 0 aromatic heterocycles. The van der Waals surface area contributed by atoms with Crippen LogP contribution in [0, 0.1) is 0 Å². The second kappa shape index (κ2) is 6.37. The van der Waals surface area contributed by atoms with Crippen molar-refractivity contribution < 1.29 is 23.8 Å². The number of benzene rings is 2. The molecule has 2 aliphatic rings. The van der Waals surface area contributed by atoms with E-state index >= 15 is 0 Å². The van der Waals surface area contributed by atoms with Crippen LogP contribution in [-0.2, 0) is 6.42 Å². The van der Waals surface area contributed by atoms with Crippen LogP contribution < -0.4 is 29.2 Å². The Morgan fingerprint density at radius 3 is 2.64 bits per heavy atom. The van der Waals surface area contributed by atoms with E-state index in [1.54, 1.807) is 14.2 Å². The number of methoxy groups -OCH3 is 2. The van der Waals surface area contributed by atoms with E-state index in [1.807, 2.05) is 24.3 Å². The van der Waals surface area contributed by atoms with Gasteiger partial charge in [0.2, 0.25) is 12.5 Å². The third-order valence-electron chi connectivity index (χ3n) is 4.92. The van der Waals surface area contributed by atoms with Crippen molar-refractivity contribution in [2.24, 2.45) is 0 Å². The second-order valence-corrected chi connectivity index (χ2v) is 6.37. The molecule has 6 nitrogen and oxygen atoms in total. The number of nitrogens with one attached hydrogen (secondary N) is 2. The third-order valence-corrected chi connectivity index (χ3v) is 4.92. The van der Waals surface area contributed by atoms with Gasteiger partial charge in [-0.3, -0.25) is 0 Å². The van der Waals surface area contributed by atoms with Gasteiger partial charge in [0.15, 0.2) is 17.7 Å². The number of likely N-dealkylation sites (N-methyl/N-ethyl adjacent to an activating group) is 1. The summed E-state index contributed by atoms with van der Waals surface area (Å²) >= 11 is 0. The molecule has 2 atom stereocenters. The van der Waals surface area contributed by atoms with Crippen molar-refractivity contribution in [1.82, 2.24) is 0 Å². The fourth-order valence-electron chi connectivity index (χ4n) is 3.58. The molecule has 2 N–H and O–H groups in total. The van der Waals surface area contributed by atoms with Gasteiger partial charge in [-0.05, 0) is 35.9 Å². The van der Waals surface area contributed by atoms with Gasteiger partial charge in [-0.2, -0.15) is 0 Å². The van der Waals surface area contributed by atoms with Crippen molar-refractivity contribution in [3.63, 3.8) is 0 Å². The summed E-state index contributed by atoms with van der Waals surface area (Å²) in [6, 6.07) is 10.1. The Balaban J connectivity index is 1.74. The predicted octanol–water partition coefficient (Wildman–Crippen LogP) is 1.61. The third kappa shape index (κ3) is 2.72. The number of hydrogen-bond acceptors (Lipinski definition) is 5. The van der Waals surface area contributed by atoms with Crippen LogP contribution in [0.4, 0.5) is 5.69 Å².